The first kappa shape index (κ1) is 34.3. The fraction of sp³-hybridized carbons (Fsp3) is 0.500. The Labute approximate surface area is 235 Å². The molecule has 0 saturated carbocycles. The molecule has 0 aliphatic rings. The normalized spacial score (nSPS) is 15.3. The van der Waals surface area contributed by atoms with E-state index in [1.165, 1.54) is 0 Å². The summed E-state index contributed by atoms with van der Waals surface area (Å²) in [6.07, 6.45) is -2.70. The van der Waals surface area contributed by atoms with Gasteiger partial charge in [-0.1, -0.05) is 30.3 Å². The largest absolute Gasteiger partial charge is 0.481 e. The van der Waals surface area contributed by atoms with Crippen LogP contribution in [0.25, 0.3) is 0 Å². The second kappa shape index (κ2) is 17.1. The number of carboxylic acid groups (broad SMARTS) is 2. The minimum absolute atomic E-state index is 0.00136. The highest BCUT2D eigenvalue weighted by atomic mass is 32.1. The van der Waals surface area contributed by atoms with Crippen molar-refractivity contribution in [3.8, 4) is 0 Å². The number of thiol groups is 1. The van der Waals surface area contributed by atoms with Crippen molar-refractivity contribution in [2.45, 2.75) is 74.5 Å². The molecule has 1 unspecified atom stereocenters. The van der Waals surface area contributed by atoms with Crippen LogP contribution in [0.1, 0.15) is 38.2 Å². The summed E-state index contributed by atoms with van der Waals surface area (Å²) in [6, 6.07) is 3.04. The summed E-state index contributed by atoms with van der Waals surface area (Å²) in [5, 5.41) is 33.8. The molecule has 0 saturated heterocycles. The molecule has 10 N–H and O–H groups in total. The van der Waals surface area contributed by atoms with Crippen LogP contribution in [-0.4, -0.2) is 86.5 Å². The Morgan fingerprint density at radius 2 is 1.48 bits per heavy atom. The van der Waals surface area contributed by atoms with Crippen molar-refractivity contribution in [3.63, 3.8) is 0 Å². The van der Waals surface area contributed by atoms with Gasteiger partial charge in [-0.05, 0) is 25.3 Å². The molecule has 0 aromatic heterocycles. The number of carboxylic acids is 2. The van der Waals surface area contributed by atoms with E-state index >= 15 is 0 Å². The molecule has 16 heteroatoms. The van der Waals surface area contributed by atoms with Crippen LogP contribution < -0.4 is 27.6 Å². The lowest BCUT2D eigenvalue weighted by molar-refractivity contribution is -0.145. The van der Waals surface area contributed by atoms with Gasteiger partial charge in [0.2, 0.25) is 17.7 Å². The highest BCUT2D eigenvalue weighted by molar-refractivity contribution is 7.81. The summed E-state index contributed by atoms with van der Waals surface area (Å²) >= 11 is 4.19. The number of carbonyl (C=O) groups is 6. The zero-order valence-corrected chi connectivity index (χ0v) is 22.6. The third kappa shape index (κ3) is 12.0. The number of nitrogens with two attached hydrogens (primary N) is 2. The van der Waals surface area contributed by atoms with Crippen LogP contribution in [0.4, 0.5) is 0 Å². The molecule has 222 valence electrons. The van der Waals surface area contributed by atoms with E-state index < -0.39 is 84.0 Å². The average Bonchev–Trinajstić information content (AvgIpc) is 2.91. The van der Waals surface area contributed by atoms with E-state index in [0.717, 1.165) is 6.92 Å². The van der Waals surface area contributed by atoms with Gasteiger partial charge in [0.15, 0.2) is 6.04 Å². The molecule has 0 spiro atoms. The predicted molar refractivity (Wildman–Crippen MR) is 142 cm³/mol. The molecule has 0 fully saturated rings. The molecule has 1 aromatic rings. The first-order chi connectivity index (χ1) is 18.8. The molecule has 0 heterocycles. The van der Waals surface area contributed by atoms with Crippen molar-refractivity contribution in [2.75, 3.05) is 0 Å². The van der Waals surface area contributed by atoms with Gasteiger partial charge in [-0.2, -0.15) is 18.5 Å². The van der Waals surface area contributed by atoms with Crippen molar-refractivity contribution < 1.29 is 48.9 Å². The Kier molecular flexibility index (Phi) is 14.6. The second-order valence-corrected chi connectivity index (χ2v) is 9.50. The molecule has 0 aliphatic carbocycles. The maximum Gasteiger partial charge on any atom is 0.328 e. The Hall–Kier alpha value is -3.73. The highest BCUT2D eigenvalue weighted by Crippen LogP contribution is 2.11. The Bertz CT molecular complexity index is 1040. The quantitative estimate of drug-likeness (QED) is 0.0699. The topological polar surface area (TPSA) is 260 Å². The van der Waals surface area contributed by atoms with Crippen LogP contribution >= 0.6 is 12.6 Å². The van der Waals surface area contributed by atoms with Crippen molar-refractivity contribution in [3.05, 3.63) is 35.9 Å². The Balaban J connectivity index is 3.14. The first-order valence-electron chi connectivity index (χ1n) is 12.2. The standard InChI is InChI=1S/C24H35N5O10S/c1-12(30)19(24(37)38)29-21(34)15(8-9-17(31)32)27-22(35)16(11-13-5-3-2-4-6-13)28-23(36)20(40)14(25)7-10-18(33)39-26/h2-6,12,14-16,19-20,30,40H,7-11,25-26H2,1H3,(H,27,35)(H,28,36)(H,29,34)(H,31,32)(H,37,38)/t12-,14+,15+,16-,19+,20?/m1/s1. The lowest BCUT2D eigenvalue weighted by Crippen LogP contribution is -2.58. The van der Waals surface area contributed by atoms with Crippen molar-refractivity contribution >= 4 is 48.3 Å². The molecule has 1 rings (SSSR count). The third-order valence-electron chi connectivity index (χ3n) is 5.73. The van der Waals surface area contributed by atoms with E-state index in [2.05, 4.69) is 33.4 Å². The smallest absolute Gasteiger partial charge is 0.328 e. The number of nitrogens with one attached hydrogen (secondary N) is 3. The number of aliphatic hydroxyl groups is 1. The molecule has 0 aliphatic heterocycles. The predicted octanol–water partition coefficient (Wildman–Crippen LogP) is -2.16. The lowest BCUT2D eigenvalue weighted by Gasteiger charge is -2.26. The molecule has 0 radical (unpaired) electrons. The van der Waals surface area contributed by atoms with Crippen molar-refractivity contribution in [1.82, 2.24) is 16.0 Å². The third-order valence-corrected chi connectivity index (χ3v) is 6.35. The highest BCUT2D eigenvalue weighted by Gasteiger charge is 2.33. The number of carbonyl (C=O) groups excluding carboxylic acids is 4. The molecular formula is C24H35N5O10S. The summed E-state index contributed by atoms with van der Waals surface area (Å²) < 4.78 is 0. The summed E-state index contributed by atoms with van der Waals surface area (Å²) in [5.74, 6) is -1.48. The van der Waals surface area contributed by atoms with Crippen LogP contribution in [0, 0.1) is 0 Å². The van der Waals surface area contributed by atoms with Gasteiger partial charge in [0.1, 0.15) is 12.1 Å². The SMILES string of the molecule is C[C@@H](O)[C@H](NC(=O)[C@H](CCC(=O)O)NC(=O)[C@@H](Cc1ccccc1)NC(=O)C(S)[C@@H](N)CCC(=O)ON)C(=O)O. The summed E-state index contributed by atoms with van der Waals surface area (Å²) in [4.78, 5) is 76.8. The number of hydrogen-bond acceptors (Lipinski definition) is 11. The fourth-order valence-electron chi connectivity index (χ4n) is 3.46. The number of amides is 3. The van der Waals surface area contributed by atoms with E-state index in [4.69, 9.17) is 16.7 Å². The van der Waals surface area contributed by atoms with E-state index in [0.29, 0.717) is 5.56 Å². The van der Waals surface area contributed by atoms with Gasteiger partial charge >= 0.3 is 17.9 Å². The second-order valence-electron chi connectivity index (χ2n) is 8.95. The van der Waals surface area contributed by atoms with E-state index in [1.807, 2.05) is 0 Å². The van der Waals surface area contributed by atoms with Crippen LogP contribution in [-0.2, 0) is 40.0 Å². The molecule has 3 amide bonds. The van der Waals surface area contributed by atoms with Crippen LogP contribution in [0.15, 0.2) is 30.3 Å². The first-order valence-corrected chi connectivity index (χ1v) is 12.7. The number of aliphatic hydroxyl groups excluding tert-OH is 1. The summed E-state index contributed by atoms with van der Waals surface area (Å²) in [6.45, 7) is 1.13. The fourth-order valence-corrected chi connectivity index (χ4v) is 3.69. The van der Waals surface area contributed by atoms with Gasteiger partial charge in [0, 0.05) is 25.3 Å². The van der Waals surface area contributed by atoms with Gasteiger partial charge in [-0.15, -0.1) is 0 Å². The van der Waals surface area contributed by atoms with Crippen molar-refractivity contribution in [2.24, 2.45) is 11.6 Å². The maximum absolute atomic E-state index is 13.3. The Morgan fingerprint density at radius 3 is 2.00 bits per heavy atom. The number of aliphatic carboxylic acids is 2. The van der Waals surface area contributed by atoms with Crippen LogP contribution in [0.2, 0.25) is 0 Å². The molecular weight excluding hydrogens is 550 g/mol. The van der Waals surface area contributed by atoms with Gasteiger partial charge in [0.25, 0.3) is 0 Å². The molecule has 1 aromatic carbocycles. The van der Waals surface area contributed by atoms with Crippen LogP contribution in [0.3, 0.4) is 0 Å². The monoisotopic (exact) mass is 585 g/mol. The summed E-state index contributed by atoms with van der Waals surface area (Å²) in [5.41, 5.74) is 6.57. The zero-order chi connectivity index (χ0) is 30.4. The van der Waals surface area contributed by atoms with Gasteiger partial charge in [-0.3, -0.25) is 24.0 Å². The number of rotatable bonds is 17. The number of hydrogen-bond donors (Lipinski definition) is 9. The van der Waals surface area contributed by atoms with Crippen molar-refractivity contribution in [1.29, 1.82) is 0 Å². The van der Waals surface area contributed by atoms with E-state index in [-0.39, 0.29) is 19.3 Å². The average molecular weight is 586 g/mol. The zero-order valence-electron chi connectivity index (χ0n) is 21.7. The van der Waals surface area contributed by atoms with E-state index in [1.54, 1.807) is 30.3 Å². The molecule has 40 heavy (non-hydrogen) atoms. The van der Waals surface area contributed by atoms with Gasteiger partial charge in [0.05, 0.1) is 11.4 Å². The van der Waals surface area contributed by atoms with Gasteiger partial charge in [-0.25, -0.2) is 4.79 Å². The minimum Gasteiger partial charge on any atom is -0.481 e. The van der Waals surface area contributed by atoms with Gasteiger partial charge < -0.3 is 41.8 Å². The maximum atomic E-state index is 13.3. The minimum atomic E-state index is -1.72. The lowest BCUT2D eigenvalue weighted by atomic mass is 10.0. The molecule has 0 bridgehead atoms. The number of benzene rings is 1. The van der Waals surface area contributed by atoms with Crippen LogP contribution in [0.5, 0.6) is 0 Å². The molecule has 15 nitrogen and oxygen atoms in total. The molecule has 6 atom stereocenters. The Morgan fingerprint density at radius 1 is 0.900 bits per heavy atom. The van der Waals surface area contributed by atoms with E-state index in [9.17, 15) is 39.0 Å². The summed E-state index contributed by atoms with van der Waals surface area (Å²) in [7, 11) is 0.